The highest BCUT2D eigenvalue weighted by atomic mass is 16.7. The molecule has 2 aliphatic carbocycles. The number of rotatable bonds is 6. The maximum atomic E-state index is 12.5. The van der Waals surface area contributed by atoms with Gasteiger partial charge >= 0.3 is 5.97 Å². The van der Waals surface area contributed by atoms with Crippen LogP contribution in [0.3, 0.4) is 0 Å². The summed E-state index contributed by atoms with van der Waals surface area (Å²) in [4.78, 5) is 12.5. The van der Waals surface area contributed by atoms with Crippen molar-refractivity contribution in [2.75, 3.05) is 27.3 Å². The van der Waals surface area contributed by atoms with Crippen LogP contribution < -0.4 is 5.32 Å². The summed E-state index contributed by atoms with van der Waals surface area (Å²) < 4.78 is 22.6. The Bertz CT molecular complexity index is 538. The number of nitrogens with one attached hydrogen (secondary N) is 1. The molecule has 0 aromatic heterocycles. The Morgan fingerprint density at radius 1 is 1.36 bits per heavy atom. The van der Waals surface area contributed by atoms with Gasteiger partial charge in [-0.05, 0) is 25.2 Å². The zero-order valence-electron chi connectivity index (χ0n) is 15.7. The van der Waals surface area contributed by atoms with Gasteiger partial charge in [0, 0.05) is 38.6 Å². The number of ether oxygens (including phenoxy) is 4. The van der Waals surface area contributed by atoms with Crippen molar-refractivity contribution in [2.45, 2.75) is 63.6 Å². The lowest BCUT2D eigenvalue weighted by Gasteiger charge is -2.48. The van der Waals surface area contributed by atoms with Crippen LogP contribution in [-0.2, 0) is 23.7 Å². The van der Waals surface area contributed by atoms with Crippen molar-refractivity contribution in [3.8, 4) is 0 Å². The summed E-state index contributed by atoms with van der Waals surface area (Å²) in [5, 5.41) is 3.32. The van der Waals surface area contributed by atoms with Crippen molar-refractivity contribution in [1.29, 1.82) is 0 Å². The number of hydrogen-bond donors (Lipinski definition) is 1. The van der Waals surface area contributed by atoms with Crippen molar-refractivity contribution in [3.63, 3.8) is 0 Å². The fraction of sp³-hybridized carbons (Fsp3) is 0.947. The van der Waals surface area contributed by atoms with Crippen molar-refractivity contribution < 1.29 is 23.7 Å². The zero-order valence-corrected chi connectivity index (χ0v) is 15.7. The van der Waals surface area contributed by atoms with E-state index < -0.39 is 0 Å². The molecule has 0 radical (unpaired) electrons. The molecule has 142 valence electrons. The molecular formula is C19H31NO5. The molecule has 6 heteroatoms. The fourth-order valence-electron chi connectivity index (χ4n) is 6.09. The van der Waals surface area contributed by atoms with E-state index in [9.17, 15) is 4.79 Å². The highest BCUT2D eigenvalue weighted by Crippen LogP contribution is 2.70. The molecule has 4 fully saturated rings. The predicted molar refractivity (Wildman–Crippen MR) is 90.9 cm³/mol. The average Bonchev–Trinajstić information content (AvgIpc) is 3.26. The van der Waals surface area contributed by atoms with Crippen molar-refractivity contribution in [1.82, 2.24) is 5.32 Å². The summed E-state index contributed by atoms with van der Waals surface area (Å²) in [6.07, 6.45) is 4.48. The van der Waals surface area contributed by atoms with E-state index in [4.69, 9.17) is 18.9 Å². The number of carbonyl (C=O) groups is 1. The Balaban J connectivity index is 1.47. The van der Waals surface area contributed by atoms with Gasteiger partial charge in [0.2, 0.25) is 0 Å². The molecule has 6 nitrogen and oxygen atoms in total. The zero-order chi connectivity index (χ0) is 17.8. The van der Waals surface area contributed by atoms with Gasteiger partial charge in [0.05, 0.1) is 12.0 Å². The van der Waals surface area contributed by atoms with E-state index in [2.05, 4.69) is 19.2 Å². The lowest BCUT2D eigenvalue weighted by molar-refractivity contribution is -0.146. The number of epoxide rings is 1. The molecule has 1 N–H and O–H groups in total. The third-order valence-corrected chi connectivity index (χ3v) is 7.40. The quantitative estimate of drug-likeness (QED) is 0.445. The first-order valence-electron chi connectivity index (χ1n) is 9.61. The lowest BCUT2D eigenvalue weighted by atomic mass is 9.53. The smallest absolute Gasteiger partial charge is 0.311 e. The van der Waals surface area contributed by atoms with E-state index in [1.54, 1.807) is 14.2 Å². The summed E-state index contributed by atoms with van der Waals surface area (Å²) >= 11 is 0. The molecule has 7 unspecified atom stereocenters. The number of esters is 1. The summed E-state index contributed by atoms with van der Waals surface area (Å²) in [7, 11) is 3.23. The molecule has 0 aromatic carbocycles. The fourth-order valence-corrected chi connectivity index (χ4v) is 6.09. The maximum Gasteiger partial charge on any atom is 0.311 e. The third kappa shape index (κ3) is 2.48. The Labute approximate surface area is 149 Å². The molecule has 2 heterocycles. The minimum Gasteiger partial charge on any atom is -0.462 e. The van der Waals surface area contributed by atoms with E-state index in [0.29, 0.717) is 19.0 Å². The van der Waals surface area contributed by atoms with Gasteiger partial charge in [0.1, 0.15) is 11.7 Å². The number of fused-ring (bicyclic) bond motifs is 2. The van der Waals surface area contributed by atoms with Crippen molar-refractivity contribution >= 4 is 5.97 Å². The minimum atomic E-state index is -0.301. The maximum absolute atomic E-state index is 12.5. The molecule has 1 spiro atoms. The number of carbonyl (C=O) groups excluding carboxylic acids is 1. The Morgan fingerprint density at radius 2 is 2.12 bits per heavy atom. The molecular weight excluding hydrogens is 322 g/mol. The first-order chi connectivity index (χ1) is 12.0. The summed E-state index contributed by atoms with van der Waals surface area (Å²) in [6, 6.07) is 0. The average molecular weight is 353 g/mol. The first-order valence-corrected chi connectivity index (χ1v) is 9.61. The Morgan fingerprint density at radius 3 is 2.84 bits per heavy atom. The SMILES string of the molecule is COC(CNCC1C(=O)OC2CC3(C)CCCC(C)C34OC4C21)OC. The molecule has 2 saturated carbocycles. The molecule has 0 aromatic rings. The van der Waals surface area contributed by atoms with Gasteiger partial charge in [0.15, 0.2) is 6.29 Å². The standard InChI is InChI=1S/C19H31NO5/c1-11-6-5-7-18(2)8-13-15(16-19(11,18)25-16)12(17(21)24-13)9-20-10-14(22-3)23-4/h11-16,20H,5-10H2,1-4H3. The van der Waals surface area contributed by atoms with Crippen LogP contribution in [0.4, 0.5) is 0 Å². The van der Waals surface area contributed by atoms with Crippen LogP contribution in [0.1, 0.15) is 39.5 Å². The van der Waals surface area contributed by atoms with Gasteiger partial charge in [-0.15, -0.1) is 0 Å². The molecule has 0 bridgehead atoms. The molecule has 2 saturated heterocycles. The van der Waals surface area contributed by atoms with Gasteiger partial charge in [0.25, 0.3) is 0 Å². The second kappa shape index (κ2) is 6.19. The molecule has 7 atom stereocenters. The van der Waals surface area contributed by atoms with Gasteiger partial charge in [-0.2, -0.15) is 0 Å². The van der Waals surface area contributed by atoms with Crippen LogP contribution in [0, 0.1) is 23.2 Å². The van der Waals surface area contributed by atoms with Crippen LogP contribution in [-0.4, -0.2) is 57.4 Å². The molecule has 25 heavy (non-hydrogen) atoms. The number of methoxy groups -OCH3 is 2. The van der Waals surface area contributed by atoms with E-state index in [0.717, 1.165) is 6.42 Å². The monoisotopic (exact) mass is 353 g/mol. The summed E-state index contributed by atoms with van der Waals surface area (Å²) in [6.45, 7) is 5.81. The largest absolute Gasteiger partial charge is 0.462 e. The number of hydrogen-bond acceptors (Lipinski definition) is 6. The van der Waals surface area contributed by atoms with Crippen LogP contribution in [0.5, 0.6) is 0 Å². The van der Waals surface area contributed by atoms with Gasteiger partial charge in [-0.25, -0.2) is 0 Å². The van der Waals surface area contributed by atoms with E-state index >= 15 is 0 Å². The lowest BCUT2D eigenvalue weighted by Crippen LogP contribution is -2.54. The van der Waals surface area contributed by atoms with Crippen molar-refractivity contribution in [2.24, 2.45) is 23.2 Å². The molecule has 4 rings (SSSR count). The predicted octanol–water partition coefficient (Wildman–Crippen LogP) is 1.72. The highest BCUT2D eigenvalue weighted by molar-refractivity contribution is 5.76. The molecule has 0 amide bonds. The van der Waals surface area contributed by atoms with E-state index in [1.807, 2.05) is 0 Å². The minimum absolute atomic E-state index is 0.0101. The van der Waals surface area contributed by atoms with Gasteiger partial charge < -0.3 is 24.3 Å². The van der Waals surface area contributed by atoms with E-state index in [1.165, 1.54) is 19.3 Å². The van der Waals surface area contributed by atoms with Crippen LogP contribution in [0.25, 0.3) is 0 Å². The third-order valence-electron chi connectivity index (χ3n) is 7.40. The Hall–Kier alpha value is -0.690. The van der Waals surface area contributed by atoms with Gasteiger partial charge in [-0.1, -0.05) is 20.3 Å². The second-order valence-electron chi connectivity index (χ2n) is 8.61. The first kappa shape index (κ1) is 17.7. The van der Waals surface area contributed by atoms with Crippen LogP contribution >= 0.6 is 0 Å². The Kier molecular flexibility index (Phi) is 4.38. The van der Waals surface area contributed by atoms with Gasteiger partial charge in [-0.3, -0.25) is 4.79 Å². The second-order valence-corrected chi connectivity index (χ2v) is 8.61. The van der Waals surface area contributed by atoms with Crippen LogP contribution in [0.15, 0.2) is 0 Å². The summed E-state index contributed by atoms with van der Waals surface area (Å²) in [5.74, 6) is 0.530. The van der Waals surface area contributed by atoms with Crippen LogP contribution in [0.2, 0.25) is 0 Å². The van der Waals surface area contributed by atoms with Crippen molar-refractivity contribution in [3.05, 3.63) is 0 Å². The normalized spacial score (nSPS) is 47.9. The summed E-state index contributed by atoms with van der Waals surface area (Å²) in [5.41, 5.74) is 0.122. The molecule has 4 aliphatic rings. The molecule has 2 aliphatic heterocycles. The topological polar surface area (TPSA) is 69.3 Å². The highest BCUT2D eigenvalue weighted by Gasteiger charge is 2.78. The van der Waals surface area contributed by atoms with E-state index in [-0.39, 0.29) is 47.3 Å².